The zero-order valence-electron chi connectivity index (χ0n) is 9.28. The quantitative estimate of drug-likeness (QED) is 0.200. The third-order valence-electron chi connectivity index (χ3n) is 2.20. The Labute approximate surface area is 94.9 Å². The van der Waals surface area contributed by atoms with Gasteiger partial charge >= 0.3 is 5.97 Å². The Morgan fingerprint density at radius 1 is 1.69 bits per heavy atom. The summed E-state index contributed by atoms with van der Waals surface area (Å²) in [6, 6.07) is -0.445. The van der Waals surface area contributed by atoms with Gasteiger partial charge in [0, 0.05) is 31.2 Å². The van der Waals surface area contributed by atoms with Crippen LogP contribution >= 0.6 is 0 Å². The Kier molecular flexibility index (Phi) is 5.41. The lowest BCUT2D eigenvalue weighted by atomic mass is 10.1. The minimum Gasteiger partial charge on any atom is -0.459 e. The summed E-state index contributed by atoms with van der Waals surface area (Å²) in [6.07, 6.45) is 0.0586. The molecule has 1 aliphatic heterocycles. The van der Waals surface area contributed by atoms with Crippen molar-refractivity contribution in [2.24, 2.45) is 11.5 Å². The predicted molar refractivity (Wildman–Crippen MR) is 59.7 cm³/mol. The van der Waals surface area contributed by atoms with Crippen molar-refractivity contribution in [2.75, 3.05) is 32.8 Å². The van der Waals surface area contributed by atoms with E-state index in [4.69, 9.17) is 20.9 Å². The summed E-state index contributed by atoms with van der Waals surface area (Å²) in [5, 5.41) is 3.00. The van der Waals surface area contributed by atoms with Crippen LogP contribution in [0.1, 0.15) is 0 Å². The normalized spacial score (nSPS) is 20.2. The van der Waals surface area contributed by atoms with E-state index in [0.29, 0.717) is 26.2 Å². The molecule has 0 aromatic carbocycles. The number of nitrogens with two attached hydrogens (primary N) is 2. The van der Waals surface area contributed by atoms with E-state index in [0.717, 1.165) is 0 Å². The summed E-state index contributed by atoms with van der Waals surface area (Å²) >= 11 is 0. The molecule has 0 aliphatic carbocycles. The maximum absolute atomic E-state index is 11.4. The fourth-order valence-corrected chi connectivity index (χ4v) is 1.06. The number of nitrogens with one attached hydrogen (secondary N) is 1. The Morgan fingerprint density at radius 2 is 2.38 bits per heavy atom. The van der Waals surface area contributed by atoms with Crippen LogP contribution in [0.3, 0.4) is 0 Å². The van der Waals surface area contributed by atoms with Gasteiger partial charge in [0.2, 0.25) is 0 Å². The monoisotopic (exact) mass is 229 g/mol. The predicted octanol–water partition coefficient (Wildman–Crippen LogP) is -1.64. The second-order valence-corrected chi connectivity index (χ2v) is 3.68. The van der Waals surface area contributed by atoms with Gasteiger partial charge in [0.1, 0.15) is 12.7 Å². The molecule has 0 saturated carbocycles. The molecule has 1 rings (SSSR count). The van der Waals surface area contributed by atoms with E-state index in [-0.39, 0.29) is 18.3 Å². The fourth-order valence-electron chi connectivity index (χ4n) is 1.06. The van der Waals surface area contributed by atoms with Crippen molar-refractivity contribution in [3.8, 4) is 0 Å². The highest BCUT2D eigenvalue weighted by Gasteiger charge is 2.25. The van der Waals surface area contributed by atoms with Crippen LogP contribution in [-0.4, -0.2) is 51.0 Å². The molecule has 6 nitrogen and oxygen atoms in total. The van der Waals surface area contributed by atoms with Crippen molar-refractivity contribution in [2.45, 2.75) is 12.1 Å². The summed E-state index contributed by atoms with van der Waals surface area (Å²) in [5.74, 6) is -0.461. The number of carbonyl (C=O) groups is 1. The number of epoxide rings is 1. The van der Waals surface area contributed by atoms with E-state index < -0.39 is 12.0 Å². The number of rotatable bonds is 8. The van der Waals surface area contributed by atoms with E-state index in [9.17, 15) is 4.79 Å². The van der Waals surface area contributed by atoms with E-state index in [1.165, 1.54) is 0 Å². The maximum atomic E-state index is 11.4. The van der Waals surface area contributed by atoms with E-state index >= 15 is 0 Å². The zero-order chi connectivity index (χ0) is 12.0. The molecule has 1 saturated heterocycles. The van der Waals surface area contributed by atoms with Crippen LogP contribution in [-0.2, 0) is 14.3 Å². The lowest BCUT2D eigenvalue weighted by Crippen LogP contribution is -2.39. The van der Waals surface area contributed by atoms with Crippen molar-refractivity contribution in [3.63, 3.8) is 0 Å². The molecular weight excluding hydrogens is 210 g/mol. The molecule has 6 heteroatoms. The lowest BCUT2D eigenvalue weighted by molar-refractivity contribution is -0.139. The largest absolute Gasteiger partial charge is 0.459 e. The molecule has 0 aromatic heterocycles. The minimum atomic E-state index is -0.461. The van der Waals surface area contributed by atoms with Gasteiger partial charge in [-0.05, 0) is 0 Å². The van der Waals surface area contributed by atoms with Crippen LogP contribution in [0.15, 0.2) is 12.2 Å². The van der Waals surface area contributed by atoms with Crippen LogP contribution in [0.2, 0.25) is 0 Å². The number of ether oxygens (including phenoxy) is 2. The Hall–Kier alpha value is -0.950. The lowest BCUT2D eigenvalue weighted by Gasteiger charge is -2.14. The Balaban J connectivity index is 2.16. The Morgan fingerprint density at radius 3 is 2.94 bits per heavy atom. The minimum absolute atomic E-state index is 0.0586. The SMILES string of the molecule is C=C(C(=O)OCC1CO1)C(N)CNCCN. The smallest absolute Gasteiger partial charge is 0.335 e. The molecule has 0 radical (unpaired) electrons. The van der Waals surface area contributed by atoms with Gasteiger partial charge in [0.25, 0.3) is 0 Å². The molecule has 0 bridgehead atoms. The molecule has 16 heavy (non-hydrogen) atoms. The summed E-state index contributed by atoms with van der Waals surface area (Å²) in [7, 11) is 0. The van der Waals surface area contributed by atoms with Crippen molar-refractivity contribution in [1.29, 1.82) is 0 Å². The van der Waals surface area contributed by atoms with Crippen LogP contribution in [0.5, 0.6) is 0 Å². The highest BCUT2D eigenvalue weighted by molar-refractivity contribution is 5.89. The van der Waals surface area contributed by atoms with Gasteiger partial charge in [0.05, 0.1) is 6.61 Å². The topological polar surface area (TPSA) is 103 Å². The number of hydrogen-bond acceptors (Lipinski definition) is 6. The van der Waals surface area contributed by atoms with Gasteiger partial charge in [-0.15, -0.1) is 0 Å². The third-order valence-corrected chi connectivity index (χ3v) is 2.20. The van der Waals surface area contributed by atoms with E-state index in [1.807, 2.05) is 0 Å². The van der Waals surface area contributed by atoms with Gasteiger partial charge in [-0.3, -0.25) is 0 Å². The van der Waals surface area contributed by atoms with Crippen molar-refractivity contribution in [1.82, 2.24) is 5.32 Å². The standard InChI is InChI=1S/C10H19N3O3/c1-7(9(12)4-13-3-2-11)10(14)16-6-8-5-15-8/h8-9,13H,1-6,11-12H2. The highest BCUT2D eigenvalue weighted by atomic mass is 16.6. The van der Waals surface area contributed by atoms with Gasteiger partial charge < -0.3 is 26.3 Å². The molecule has 2 unspecified atom stereocenters. The molecular formula is C10H19N3O3. The Bertz CT molecular complexity index is 254. The molecule has 1 aliphatic rings. The first-order valence-electron chi connectivity index (χ1n) is 5.29. The first-order valence-corrected chi connectivity index (χ1v) is 5.29. The van der Waals surface area contributed by atoms with Crippen molar-refractivity contribution < 1.29 is 14.3 Å². The molecule has 0 aromatic rings. The van der Waals surface area contributed by atoms with Crippen LogP contribution in [0, 0.1) is 0 Å². The molecule has 92 valence electrons. The average molecular weight is 229 g/mol. The van der Waals surface area contributed by atoms with Crippen LogP contribution < -0.4 is 16.8 Å². The average Bonchev–Trinajstić information content (AvgIpc) is 3.08. The van der Waals surface area contributed by atoms with Gasteiger partial charge in [-0.2, -0.15) is 0 Å². The van der Waals surface area contributed by atoms with Crippen LogP contribution in [0.4, 0.5) is 0 Å². The van der Waals surface area contributed by atoms with E-state index in [2.05, 4.69) is 11.9 Å². The summed E-state index contributed by atoms with van der Waals surface area (Å²) in [6.45, 7) is 6.21. The number of carbonyl (C=O) groups excluding carboxylic acids is 1. The van der Waals surface area contributed by atoms with Crippen molar-refractivity contribution in [3.05, 3.63) is 12.2 Å². The highest BCUT2D eigenvalue weighted by Crippen LogP contribution is 2.10. The second kappa shape index (κ2) is 6.59. The molecule has 0 spiro atoms. The first-order chi connectivity index (χ1) is 7.65. The van der Waals surface area contributed by atoms with Gasteiger partial charge in [0.15, 0.2) is 0 Å². The second-order valence-electron chi connectivity index (χ2n) is 3.68. The molecule has 1 heterocycles. The maximum Gasteiger partial charge on any atom is 0.335 e. The van der Waals surface area contributed by atoms with E-state index in [1.54, 1.807) is 0 Å². The summed E-state index contributed by atoms with van der Waals surface area (Å²) in [4.78, 5) is 11.4. The molecule has 2 atom stereocenters. The molecule has 1 fully saturated rings. The number of hydrogen-bond donors (Lipinski definition) is 3. The van der Waals surface area contributed by atoms with Crippen molar-refractivity contribution >= 4 is 5.97 Å². The van der Waals surface area contributed by atoms with Gasteiger partial charge in [-0.25, -0.2) is 4.79 Å². The van der Waals surface area contributed by atoms with Crippen LogP contribution in [0.25, 0.3) is 0 Å². The summed E-state index contributed by atoms with van der Waals surface area (Å²) in [5.41, 5.74) is 11.3. The first kappa shape index (κ1) is 13.1. The van der Waals surface area contributed by atoms with Gasteiger partial charge in [-0.1, -0.05) is 6.58 Å². The third kappa shape index (κ3) is 4.71. The number of esters is 1. The fraction of sp³-hybridized carbons (Fsp3) is 0.700. The zero-order valence-corrected chi connectivity index (χ0v) is 9.28. The molecule has 0 amide bonds. The molecule has 5 N–H and O–H groups in total. The summed E-state index contributed by atoms with van der Waals surface area (Å²) < 4.78 is 9.87.